The maximum absolute atomic E-state index is 12.1. The molecule has 0 spiro atoms. The Labute approximate surface area is 111 Å². The summed E-state index contributed by atoms with van der Waals surface area (Å²) in [6.07, 6.45) is 0.931. The highest BCUT2D eigenvalue weighted by Crippen LogP contribution is 2.16. The summed E-state index contributed by atoms with van der Waals surface area (Å²) in [6, 6.07) is 9.35. The number of nitrogens with one attached hydrogen (secondary N) is 1. The van der Waals surface area contributed by atoms with Gasteiger partial charge in [0.25, 0.3) is 5.91 Å². The maximum atomic E-state index is 12.1. The van der Waals surface area contributed by atoms with Crippen LogP contribution in [0.3, 0.4) is 0 Å². The van der Waals surface area contributed by atoms with E-state index >= 15 is 0 Å². The van der Waals surface area contributed by atoms with Crippen LogP contribution < -0.4 is 5.32 Å². The fourth-order valence-corrected chi connectivity index (χ4v) is 1.77. The van der Waals surface area contributed by atoms with Gasteiger partial charge in [-0.05, 0) is 12.5 Å². The molecule has 1 aromatic heterocycles. The molecule has 1 aromatic carbocycles. The van der Waals surface area contributed by atoms with Crippen LogP contribution in [0, 0.1) is 6.92 Å². The molecule has 5 nitrogen and oxygen atoms in total. The molecular weight excluding hydrogens is 244 g/mol. The molecule has 0 aliphatic carbocycles. The Balaban J connectivity index is 2.00. The molecule has 1 heterocycles. The van der Waals surface area contributed by atoms with E-state index in [1.54, 1.807) is 6.26 Å². The van der Waals surface area contributed by atoms with Gasteiger partial charge in [-0.2, -0.15) is 0 Å². The van der Waals surface area contributed by atoms with Crippen LogP contribution >= 0.6 is 0 Å². The number of hydrogen-bond acceptors (Lipinski definition) is 4. The monoisotopic (exact) mass is 260 g/mol. The third kappa shape index (κ3) is 3.20. The molecule has 0 aliphatic rings. The van der Waals surface area contributed by atoms with Crippen LogP contribution in [-0.2, 0) is 16.1 Å². The first kappa shape index (κ1) is 13.3. The Bertz CT molecular complexity index is 537. The van der Waals surface area contributed by atoms with Crippen LogP contribution in [0.15, 0.2) is 41.1 Å². The lowest BCUT2D eigenvalue weighted by molar-refractivity contribution is -0.131. The molecule has 5 heteroatoms. The summed E-state index contributed by atoms with van der Waals surface area (Å²) in [5, 5.41) is 6.60. The SMILES string of the molecule is CO[C@@H](C(=O)NCc1nocc1C)c1ccccc1. The molecule has 2 aromatic rings. The topological polar surface area (TPSA) is 64.4 Å². The smallest absolute Gasteiger partial charge is 0.254 e. The van der Waals surface area contributed by atoms with E-state index in [2.05, 4.69) is 10.5 Å². The molecule has 0 radical (unpaired) electrons. The predicted molar refractivity (Wildman–Crippen MR) is 69.3 cm³/mol. The van der Waals surface area contributed by atoms with Crippen molar-refractivity contribution in [2.45, 2.75) is 19.6 Å². The van der Waals surface area contributed by atoms with Gasteiger partial charge in [0.1, 0.15) is 12.0 Å². The standard InChI is InChI=1S/C14H16N2O3/c1-10-9-19-16-12(10)8-15-14(17)13(18-2)11-6-4-3-5-7-11/h3-7,9,13H,8H2,1-2H3,(H,15,17)/t13-/m1/s1. The highest BCUT2D eigenvalue weighted by Gasteiger charge is 2.19. The molecule has 0 saturated heterocycles. The Morgan fingerprint density at radius 1 is 1.42 bits per heavy atom. The fourth-order valence-electron chi connectivity index (χ4n) is 1.77. The second-order valence-electron chi connectivity index (χ2n) is 4.19. The fraction of sp³-hybridized carbons (Fsp3) is 0.286. The molecule has 1 amide bonds. The van der Waals surface area contributed by atoms with Crippen LogP contribution in [-0.4, -0.2) is 18.2 Å². The van der Waals surface area contributed by atoms with Crippen molar-refractivity contribution in [3.63, 3.8) is 0 Å². The van der Waals surface area contributed by atoms with Crippen LogP contribution in [0.5, 0.6) is 0 Å². The van der Waals surface area contributed by atoms with Crippen molar-refractivity contribution in [3.8, 4) is 0 Å². The zero-order valence-corrected chi connectivity index (χ0v) is 10.9. The number of hydrogen-bond donors (Lipinski definition) is 1. The molecule has 100 valence electrons. The molecule has 0 saturated carbocycles. The molecule has 1 atom stereocenters. The summed E-state index contributed by atoms with van der Waals surface area (Å²) < 4.78 is 10.1. The first-order valence-electron chi connectivity index (χ1n) is 5.97. The Morgan fingerprint density at radius 3 is 2.74 bits per heavy atom. The molecule has 2 rings (SSSR count). The van der Waals surface area contributed by atoms with E-state index in [9.17, 15) is 4.79 Å². The first-order chi connectivity index (χ1) is 9.22. The van der Waals surface area contributed by atoms with Gasteiger partial charge in [0.05, 0.1) is 6.54 Å². The van der Waals surface area contributed by atoms with Gasteiger partial charge in [-0.3, -0.25) is 4.79 Å². The average Bonchev–Trinajstić information content (AvgIpc) is 2.84. The molecule has 1 N–H and O–H groups in total. The van der Waals surface area contributed by atoms with Crippen LogP contribution in [0.25, 0.3) is 0 Å². The third-order valence-electron chi connectivity index (χ3n) is 2.85. The summed E-state index contributed by atoms with van der Waals surface area (Å²) in [7, 11) is 1.51. The summed E-state index contributed by atoms with van der Waals surface area (Å²) in [6.45, 7) is 2.21. The molecule has 19 heavy (non-hydrogen) atoms. The van der Waals surface area contributed by atoms with Crippen molar-refractivity contribution in [2.24, 2.45) is 0 Å². The Kier molecular flexibility index (Phi) is 4.30. The van der Waals surface area contributed by atoms with Crippen molar-refractivity contribution in [3.05, 3.63) is 53.4 Å². The molecule has 0 bridgehead atoms. The number of carbonyl (C=O) groups excluding carboxylic acids is 1. The second-order valence-corrected chi connectivity index (χ2v) is 4.19. The molecular formula is C14H16N2O3. The first-order valence-corrected chi connectivity index (χ1v) is 5.97. The van der Waals surface area contributed by atoms with Gasteiger partial charge in [0, 0.05) is 12.7 Å². The highest BCUT2D eigenvalue weighted by atomic mass is 16.5. The van der Waals surface area contributed by atoms with E-state index in [1.165, 1.54) is 7.11 Å². The van der Waals surface area contributed by atoms with Crippen molar-refractivity contribution >= 4 is 5.91 Å². The minimum Gasteiger partial charge on any atom is -0.367 e. The van der Waals surface area contributed by atoms with Crippen LogP contribution in [0.1, 0.15) is 22.9 Å². The van der Waals surface area contributed by atoms with E-state index in [0.717, 1.165) is 16.8 Å². The van der Waals surface area contributed by atoms with Gasteiger partial charge < -0.3 is 14.6 Å². The number of nitrogens with zero attached hydrogens (tertiary/aromatic N) is 1. The normalized spacial score (nSPS) is 12.1. The van der Waals surface area contributed by atoms with Crippen molar-refractivity contribution in [1.29, 1.82) is 0 Å². The number of benzene rings is 1. The predicted octanol–water partition coefficient (Wildman–Crippen LogP) is 1.99. The van der Waals surface area contributed by atoms with Gasteiger partial charge in [0.2, 0.25) is 0 Å². The lowest BCUT2D eigenvalue weighted by Gasteiger charge is -2.15. The van der Waals surface area contributed by atoms with Gasteiger partial charge in [-0.25, -0.2) is 0 Å². The zero-order chi connectivity index (χ0) is 13.7. The molecule has 0 fully saturated rings. The minimum atomic E-state index is -0.617. The van der Waals surface area contributed by atoms with E-state index in [4.69, 9.17) is 9.26 Å². The number of amides is 1. The van der Waals surface area contributed by atoms with Gasteiger partial charge in [-0.15, -0.1) is 0 Å². The lowest BCUT2D eigenvalue weighted by atomic mass is 10.1. The van der Waals surface area contributed by atoms with Crippen molar-refractivity contribution < 1.29 is 14.1 Å². The zero-order valence-electron chi connectivity index (χ0n) is 10.9. The third-order valence-corrected chi connectivity index (χ3v) is 2.85. The largest absolute Gasteiger partial charge is 0.367 e. The number of aryl methyl sites for hydroxylation is 1. The lowest BCUT2D eigenvalue weighted by Crippen LogP contribution is -2.30. The highest BCUT2D eigenvalue weighted by molar-refractivity contribution is 5.82. The van der Waals surface area contributed by atoms with Crippen molar-refractivity contribution in [2.75, 3.05) is 7.11 Å². The number of ether oxygens (including phenoxy) is 1. The van der Waals surface area contributed by atoms with Gasteiger partial charge in [0.15, 0.2) is 6.10 Å². The average molecular weight is 260 g/mol. The van der Waals surface area contributed by atoms with E-state index in [-0.39, 0.29) is 5.91 Å². The summed E-state index contributed by atoms with van der Waals surface area (Å²) in [4.78, 5) is 12.1. The molecule has 0 aliphatic heterocycles. The number of aromatic nitrogens is 1. The maximum Gasteiger partial charge on any atom is 0.254 e. The van der Waals surface area contributed by atoms with E-state index < -0.39 is 6.10 Å². The van der Waals surface area contributed by atoms with E-state index in [1.807, 2.05) is 37.3 Å². The quantitative estimate of drug-likeness (QED) is 0.892. The number of carbonyl (C=O) groups is 1. The summed E-state index contributed by atoms with van der Waals surface area (Å²) >= 11 is 0. The Hall–Kier alpha value is -2.14. The number of methoxy groups -OCH3 is 1. The second kappa shape index (κ2) is 6.15. The molecule has 0 unspecified atom stereocenters. The van der Waals surface area contributed by atoms with Crippen molar-refractivity contribution in [1.82, 2.24) is 10.5 Å². The Morgan fingerprint density at radius 2 is 2.16 bits per heavy atom. The number of rotatable bonds is 5. The van der Waals surface area contributed by atoms with Crippen LogP contribution in [0.2, 0.25) is 0 Å². The summed E-state index contributed by atoms with van der Waals surface area (Å²) in [5.74, 6) is -0.198. The van der Waals surface area contributed by atoms with Gasteiger partial charge in [-0.1, -0.05) is 35.5 Å². The van der Waals surface area contributed by atoms with Crippen LogP contribution in [0.4, 0.5) is 0 Å². The minimum absolute atomic E-state index is 0.198. The van der Waals surface area contributed by atoms with E-state index in [0.29, 0.717) is 6.54 Å². The van der Waals surface area contributed by atoms with Gasteiger partial charge >= 0.3 is 0 Å². The summed E-state index contributed by atoms with van der Waals surface area (Å²) in [5.41, 5.74) is 2.45.